The molecule has 134 valence electrons. The Labute approximate surface area is 154 Å². The van der Waals surface area contributed by atoms with Crippen LogP contribution in [0, 0.1) is 6.92 Å². The summed E-state index contributed by atoms with van der Waals surface area (Å²) in [5.41, 5.74) is 1.70. The predicted molar refractivity (Wildman–Crippen MR) is 98.6 cm³/mol. The average molecular weight is 370 g/mol. The maximum atomic E-state index is 11.7. The third-order valence-electron chi connectivity index (χ3n) is 4.43. The monoisotopic (exact) mass is 370 g/mol. The second-order valence-corrected chi connectivity index (χ2v) is 7.16. The van der Waals surface area contributed by atoms with E-state index in [1.54, 1.807) is 29.5 Å². The highest BCUT2D eigenvalue weighted by molar-refractivity contribution is 7.19. The summed E-state index contributed by atoms with van der Waals surface area (Å²) < 4.78 is 16.3. The molecule has 1 aliphatic rings. The van der Waals surface area contributed by atoms with Crippen LogP contribution in [0.5, 0.6) is 17.4 Å². The van der Waals surface area contributed by atoms with E-state index in [4.69, 9.17) is 14.2 Å². The Balaban J connectivity index is 1.79. The first-order valence-electron chi connectivity index (χ1n) is 8.33. The lowest BCUT2D eigenvalue weighted by Gasteiger charge is -2.12. The number of ether oxygens (including phenoxy) is 3. The first kappa shape index (κ1) is 16.8. The number of hydrogen-bond donors (Lipinski definition) is 0. The van der Waals surface area contributed by atoms with Gasteiger partial charge in [-0.05, 0) is 49.9 Å². The summed E-state index contributed by atoms with van der Waals surface area (Å²) in [5, 5.41) is 0.993. The number of carbonyl (C=O) groups is 1. The van der Waals surface area contributed by atoms with Crippen LogP contribution in [0.2, 0.25) is 0 Å². The van der Waals surface area contributed by atoms with Crippen LogP contribution in [0.25, 0.3) is 10.2 Å². The summed E-state index contributed by atoms with van der Waals surface area (Å²) in [4.78, 5) is 23.1. The molecule has 0 spiro atoms. The van der Waals surface area contributed by atoms with Gasteiger partial charge in [0.25, 0.3) is 0 Å². The maximum Gasteiger partial charge on any atom is 0.337 e. The van der Waals surface area contributed by atoms with E-state index in [1.165, 1.54) is 24.7 Å². The lowest BCUT2D eigenvalue weighted by atomic mass is 10.2. The fraction of sp³-hybridized carbons (Fsp3) is 0.316. The van der Waals surface area contributed by atoms with Gasteiger partial charge in [-0.3, -0.25) is 0 Å². The lowest BCUT2D eigenvalue weighted by Crippen LogP contribution is -2.02. The highest BCUT2D eigenvalue weighted by Crippen LogP contribution is 2.42. The molecule has 6 nitrogen and oxygen atoms in total. The van der Waals surface area contributed by atoms with Gasteiger partial charge in [0.1, 0.15) is 10.7 Å². The van der Waals surface area contributed by atoms with Crippen molar-refractivity contribution in [1.29, 1.82) is 0 Å². The molecule has 0 fully saturated rings. The second kappa shape index (κ2) is 6.57. The number of methoxy groups -OCH3 is 2. The third-order valence-corrected chi connectivity index (χ3v) is 5.62. The van der Waals surface area contributed by atoms with E-state index < -0.39 is 5.97 Å². The van der Waals surface area contributed by atoms with Gasteiger partial charge in [-0.1, -0.05) is 0 Å². The van der Waals surface area contributed by atoms with E-state index in [9.17, 15) is 4.79 Å². The summed E-state index contributed by atoms with van der Waals surface area (Å²) in [5.74, 6) is 1.72. The highest BCUT2D eigenvalue weighted by Gasteiger charge is 2.23. The smallest absolute Gasteiger partial charge is 0.337 e. The minimum atomic E-state index is -0.425. The molecule has 0 atom stereocenters. The van der Waals surface area contributed by atoms with Gasteiger partial charge < -0.3 is 14.2 Å². The molecule has 3 aromatic rings. The molecule has 0 amide bonds. The van der Waals surface area contributed by atoms with E-state index in [0.717, 1.165) is 29.5 Å². The minimum Gasteiger partial charge on any atom is -0.493 e. The SMILES string of the molecule is COC(=O)c1ccc(Oc2nc(C)nc3sc4c(c23)CCC4)c(OC)c1. The number of rotatable bonds is 4. The fourth-order valence-corrected chi connectivity index (χ4v) is 4.54. The van der Waals surface area contributed by atoms with Gasteiger partial charge in [0.2, 0.25) is 5.88 Å². The first-order valence-corrected chi connectivity index (χ1v) is 9.15. The van der Waals surface area contributed by atoms with E-state index in [-0.39, 0.29) is 0 Å². The second-order valence-electron chi connectivity index (χ2n) is 6.07. The van der Waals surface area contributed by atoms with Gasteiger partial charge in [0.05, 0.1) is 25.2 Å². The third kappa shape index (κ3) is 2.78. The summed E-state index contributed by atoms with van der Waals surface area (Å²) in [7, 11) is 2.88. The van der Waals surface area contributed by atoms with Crippen molar-refractivity contribution in [2.45, 2.75) is 26.2 Å². The molecule has 1 aromatic carbocycles. The van der Waals surface area contributed by atoms with Crippen molar-refractivity contribution in [3.05, 3.63) is 40.0 Å². The van der Waals surface area contributed by atoms with Crippen LogP contribution in [-0.4, -0.2) is 30.2 Å². The quantitative estimate of drug-likeness (QED) is 0.645. The molecule has 0 unspecified atom stereocenters. The summed E-state index contributed by atoms with van der Waals surface area (Å²) in [6, 6.07) is 4.94. The molecule has 0 saturated heterocycles. The Bertz CT molecular complexity index is 1010. The number of carbonyl (C=O) groups excluding carboxylic acids is 1. The number of fused-ring (bicyclic) bond motifs is 3. The van der Waals surface area contributed by atoms with Crippen molar-refractivity contribution in [3.8, 4) is 17.4 Å². The van der Waals surface area contributed by atoms with E-state index in [1.807, 2.05) is 6.92 Å². The van der Waals surface area contributed by atoms with Gasteiger partial charge in [-0.2, -0.15) is 4.98 Å². The van der Waals surface area contributed by atoms with Gasteiger partial charge in [0, 0.05) is 4.88 Å². The number of aromatic nitrogens is 2. The molecule has 0 bridgehead atoms. The zero-order chi connectivity index (χ0) is 18.3. The van der Waals surface area contributed by atoms with Crippen molar-refractivity contribution in [2.24, 2.45) is 0 Å². The Morgan fingerprint density at radius 1 is 1.15 bits per heavy atom. The largest absolute Gasteiger partial charge is 0.493 e. The topological polar surface area (TPSA) is 70.5 Å². The molecule has 0 N–H and O–H groups in total. The number of aryl methyl sites for hydroxylation is 3. The van der Waals surface area contributed by atoms with Crippen molar-refractivity contribution in [3.63, 3.8) is 0 Å². The predicted octanol–water partition coefficient (Wildman–Crippen LogP) is 4.08. The number of esters is 1. The van der Waals surface area contributed by atoms with Crippen molar-refractivity contribution in [1.82, 2.24) is 9.97 Å². The van der Waals surface area contributed by atoms with Crippen LogP contribution in [0.1, 0.15) is 33.0 Å². The summed E-state index contributed by atoms with van der Waals surface area (Å²) >= 11 is 1.72. The molecule has 0 radical (unpaired) electrons. The Hall–Kier alpha value is -2.67. The molecule has 2 aromatic heterocycles. The van der Waals surface area contributed by atoms with Crippen LogP contribution < -0.4 is 9.47 Å². The minimum absolute atomic E-state index is 0.400. The molecule has 4 rings (SSSR count). The van der Waals surface area contributed by atoms with Gasteiger partial charge >= 0.3 is 5.97 Å². The molecule has 0 aliphatic heterocycles. The van der Waals surface area contributed by atoms with Crippen LogP contribution in [0.3, 0.4) is 0 Å². The van der Waals surface area contributed by atoms with Gasteiger partial charge in [-0.25, -0.2) is 9.78 Å². The molecular formula is C19H18N2O4S. The van der Waals surface area contributed by atoms with Crippen molar-refractivity contribution < 1.29 is 19.0 Å². The molecular weight excluding hydrogens is 352 g/mol. The van der Waals surface area contributed by atoms with Crippen molar-refractivity contribution in [2.75, 3.05) is 14.2 Å². The Kier molecular flexibility index (Phi) is 4.24. The standard InChI is InChI=1S/C19H18N2O4S/c1-10-20-17(16-12-5-4-6-15(12)26-18(16)21-10)25-13-8-7-11(19(22)24-3)9-14(13)23-2/h7-9H,4-6H2,1-3H3. The molecule has 0 saturated carbocycles. The van der Waals surface area contributed by atoms with E-state index in [0.29, 0.717) is 28.8 Å². The van der Waals surface area contributed by atoms with Gasteiger partial charge in [-0.15, -0.1) is 11.3 Å². The summed E-state index contributed by atoms with van der Waals surface area (Å²) in [6.45, 7) is 1.86. The molecule has 26 heavy (non-hydrogen) atoms. The zero-order valence-corrected chi connectivity index (χ0v) is 15.6. The van der Waals surface area contributed by atoms with Crippen molar-refractivity contribution >= 4 is 27.5 Å². The molecule has 2 heterocycles. The van der Waals surface area contributed by atoms with Crippen LogP contribution in [0.4, 0.5) is 0 Å². The maximum absolute atomic E-state index is 11.7. The summed E-state index contributed by atoms with van der Waals surface area (Å²) in [6.07, 6.45) is 3.27. The molecule has 1 aliphatic carbocycles. The average Bonchev–Trinajstić information content (AvgIpc) is 3.21. The number of hydrogen-bond acceptors (Lipinski definition) is 7. The van der Waals surface area contributed by atoms with E-state index >= 15 is 0 Å². The number of thiophene rings is 1. The van der Waals surface area contributed by atoms with Crippen LogP contribution in [-0.2, 0) is 17.6 Å². The van der Waals surface area contributed by atoms with Crippen LogP contribution >= 0.6 is 11.3 Å². The van der Waals surface area contributed by atoms with Crippen LogP contribution in [0.15, 0.2) is 18.2 Å². The Morgan fingerprint density at radius 2 is 2.00 bits per heavy atom. The molecule has 7 heteroatoms. The Morgan fingerprint density at radius 3 is 2.77 bits per heavy atom. The van der Waals surface area contributed by atoms with E-state index in [2.05, 4.69) is 9.97 Å². The first-order chi connectivity index (χ1) is 12.6. The zero-order valence-electron chi connectivity index (χ0n) is 14.8. The van der Waals surface area contributed by atoms with Gasteiger partial charge in [0.15, 0.2) is 11.5 Å². The normalized spacial score (nSPS) is 12.9. The fourth-order valence-electron chi connectivity index (χ4n) is 3.24. The highest BCUT2D eigenvalue weighted by atomic mass is 32.1. The lowest BCUT2D eigenvalue weighted by molar-refractivity contribution is 0.0600. The number of benzene rings is 1. The number of nitrogens with zero attached hydrogens (tertiary/aromatic N) is 2.